The van der Waals surface area contributed by atoms with Crippen LogP contribution >= 0.6 is 0 Å². The minimum absolute atomic E-state index is 0. The van der Waals surface area contributed by atoms with Crippen LogP contribution in [0.25, 0.3) is 0 Å². The van der Waals surface area contributed by atoms with Gasteiger partial charge in [-0.15, -0.1) is 0 Å². The Balaban J connectivity index is -0.0000000150. The molecule has 0 aliphatic carbocycles. The summed E-state index contributed by atoms with van der Waals surface area (Å²) in [5, 5.41) is 14.8. The van der Waals surface area contributed by atoms with Crippen LogP contribution in [0, 0.1) is 15.3 Å². The second-order valence-corrected chi connectivity index (χ2v) is 0.224. The summed E-state index contributed by atoms with van der Waals surface area (Å²) in [6.45, 7) is 0. The van der Waals surface area contributed by atoms with Gasteiger partial charge in [0.1, 0.15) is 0 Å². The Labute approximate surface area is 59.9 Å². The summed E-state index contributed by atoms with van der Waals surface area (Å²) in [7, 11) is 0. The van der Waals surface area contributed by atoms with Crippen LogP contribution in [0.4, 0.5) is 0 Å². The van der Waals surface area contributed by atoms with Gasteiger partial charge in [0.05, 0.1) is 5.09 Å². The monoisotopic (exact) mass is 77.0 g/mol. The second kappa shape index (κ2) is 9.04. The van der Waals surface area contributed by atoms with Gasteiger partial charge in [-0.25, -0.2) is 0 Å². The van der Waals surface area contributed by atoms with Crippen LogP contribution in [0.15, 0.2) is 0 Å². The van der Waals surface area contributed by atoms with Crippen LogP contribution in [0.1, 0.15) is 1.43 Å². The van der Waals surface area contributed by atoms with Crippen molar-refractivity contribution in [1.82, 2.24) is 0 Å². The molecule has 0 aliphatic heterocycles. The average molecular weight is 76.9 g/mol. The van der Waals surface area contributed by atoms with E-state index in [0.29, 0.717) is 0 Å². The normalized spacial score (nSPS) is 4.00. The topological polar surface area (TPSA) is 66.2 Å². The molecule has 0 amide bonds. The summed E-state index contributed by atoms with van der Waals surface area (Å²) in [5.41, 5.74) is 0. The molecule has 0 spiro atoms. The van der Waals surface area contributed by atoms with Crippen LogP contribution in [0.3, 0.4) is 0 Å². The van der Waals surface area contributed by atoms with E-state index in [0.717, 1.165) is 0 Å². The van der Waals surface area contributed by atoms with E-state index in [-0.39, 0.29) is 39.1 Å². The van der Waals surface area contributed by atoms with Gasteiger partial charge in [0.2, 0.25) is 0 Å². The fourth-order valence-corrected chi connectivity index (χ4v) is 0. The third-order valence-electron chi connectivity index (χ3n) is 0. The summed E-state index contributed by atoms with van der Waals surface area (Å²) < 4.78 is 0. The standard InChI is InChI=1S/2Li.NO3.H/c;;2-1(3)4;/q2*+1;2*-1. The Morgan fingerprint density at radius 2 is 1.33 bits per heavy atom. The predicted octanol–water partition coefficient (Wildman–Crippen LogP) is -6.12. The van der Waals surface area contributed by atoms with Gasteiger partial charge in [-0.2, -0.15) is 0 Å². The van der Waals surface area contributed by atoms with Gasteiger partial charge in [0.25, 0.3) is 0 Å². The van der Waals surface area contributed by atoms with E-state index < -0.39 is 5.09 Å². The maximum Gasteiger partial charge on any atom is 1.00 e. The molecule has 0 saturated heterocycles. The molecule has 6 heteroatoms. The van der Waals surface area contributed by atoms with E-state index in [2.05, 4.69) is 0 Å². The van der Waals surface area contributed by atoms with E-state index in [1.807, 2.05) is 0 Å². The number of rotatable bonds is 0. The first-order chi connectivity index (χ1) is 1.73. The van der Waals surface area contributed by atoms with E-state index in [1.165, 1.54) is 0 Å². The van der Waals surface area contributed by atoms with Gasteiger partial charge in [-0.3, -0.25) is 0 Å². The maximum atomic E-state index is 8.25. The van der Waals surface area contributed by atoms with Crippen molar-refractivity contribution in [3.05, 3.63) is 15.3 Å². The molecule has 0 aromatic carbocycles. The zero-order chi connectivity index (χ0) is 3.58. The Morgan fingerprint density at radius 3 is 1.33 bits per heavy atom. The molecule has 0 unspecified atom stereocenters. The first kappa shape index (κ1) is 16.1. The van der Waals surface area contributed by atoms with Crippen molar-refractivity contribution < 1.29 is 44.2 Å². The van der Waals surface area contributed by atoms with Crippen molar-refractivity contribution in [2.45, 2.75) is 0 Å². The first-order valence-corrected chi connectivity index (χ1v) is 0.548. The summed E-state index contributed by atoms with van der Waals surface area (Å²) in [6.07, 6.45) is 0. The summed E-state index contributed by atoms with van der Waals surface area (Å²) in [5.74, 6) is 0. The Bertz CT molecular complexity index is 35.9. The Morgan fingerprint density at radius 1 is 1.33 bits per heavy atom. The summed E-state index contributed by atoms with van der Waals surface area (Å²) in [6, 6.07) is 0. The molecule has 0 aromatic rings. The molecule has 0 aromatic heterocycles. The van der Waals surface area contributed by atoms with Crippen LogP contribution < -0.4 is 37.7 Å². The molecule has 0 radical (unpaired) electrons. The van der Waals surface area contributed by atoms with Gasteiger partial charge in [-0.05, 0) is 0 Å². The molecule has 0 N–H and O–H groups in total. The largest absolute Gasteiger partial charge is 1.00 e. The van der Waals surface area contributed by atoms with E-state index in [9.17, 15) is 0 Å². The van der Waals surface area contributed by atoms with E-state index in [4.69, 9.17) is 15.3 Å². The third kappa shape index (κ3) is 325. The third-order valence-corrected chi connectivity index (χ3v) is 0. The molecule has 6 heavy (non-hydrogen) atoms. The minimum Gasteiger partial charge on any atom is -1.00 e. The van der Waals surface area contributed by atoms with Gasteiger partial charge in [-0.1, -0.05) is 0 Å². The molecule has 0 bridgehead atoms. The van der Waals surface area contributed by atoms with Crippen molar-refractivity contribution >= 4 is 0 Å². The van der Waals surface area contributed by atoms with Crippen LogP contribution in [-0.4, -0.2) is 5.09 Å². The smallest absolute Gasteiger partial charge is 1.00 e. The molecule has 4 nitrogen and oxygen atoms in total. The molecule has 0 rings (SSSR count). The van der Waals surface area contributed by atoms with Crippen molar-refractivity contribution in [3.63, 3.8) is 0 Å². The summed E-state index contributed by atoms with van der Waals surface area (Å²) in [4.78, 5) is 8.25. The van der Waals surface area contributed by atoms with Gasteiger partial charge in [0, 0.05) is 0 Å². The minimum atomic E-state index is -1.75. The Kier molecular flexibility index (Phi) is 24.3. The van der Waals surface area contributed by atoms with Crippen molar-refractivity contribution in [1.29, 1.82) is 0 Å². The fourth-order valence-electron chi connectivity index (χ4n) is 0. The molecule has 0 heterocycles. The molecule has 0 fully saturated rings. The number of hydrogen-bond acceptors (Lipinski definition) is 3. The zero-order valence-corrected chi connectivity index (χ0v) is 3.67. The van der Waals surface area contributed by atoms with Crippen LogP contribution in [0.5, 0.6) is 0 Å². The van der Waals surface area contributed by atoms with Crippen molar-refractivity contribution in [2.75, 3.05) is 0 Å². The SMILES string of the molecule is O=[N+]([O-])[O-].[H-].[Li+].[Li+]. The van der Waals surface area contributed by atoms with E-state index in [1.54, 1.807) is 0 Å². The molecule has 26 valence electrons. The molecule has 0 aliphatic rings. The number of hydrogen-bond donors (Lipinski definition) is 0. The zero-order valence-electron chi connectivity index (χ0n) is 4.67. The Hall–Kier alpha value is 0.395. The first-order valence-electron chi connectivity index (χ1n) is 0.548. The second-order valence-electron chi connectivity index (χ2n) is 0.224. The van der Waals surface area contributed by atoms with Gasteiger partial charge < -0.3 is 16.7 Å². The van der Waals surface area contributed by atoms with E-state index >= 15 is 0 Å². The predicted molar refractivity (Wildman–Crippen MR) is 11.5 cm³/mol. The number of nitrogens with zero attached hydrogens (tertiary/aromatic N) is 1. The quantitative estimate of drug-likeness (QED) is 0.164. The van der Waals surface area contributed by atoms with Crippen LogP contribution in [0.2, 0.25) is 0 Å². The van der Waals surface area contributed by atoms with Gasteiger partial charge >= 0.3 is 37.7 Å². The summed E-state index contributed by atoms with van der Waals surface area (Å²) >= 11 is 0. The van der Waals surface area contributed by atoms with Crippen molar-refractivity contribution in [3.8, 4) is 0 Å². The van der Waals surface area contributed by atoms with Crippen LogP contribution in [-0.2, 0) is 0 Å². The maximum absolute atomic E-state index is 8.25. The molecular weight excluding hydrogens is 75.9 g/mol. The molecular formula is HLi2NO3. The molecule has 0 atom stereocenters. The fraction of sp³-hybridized carbons (Fsp3) is 0. The van der Waals surface area contributed by atoms with Gasteiger partial charge in [0.15, 0.2) is 0 Å². The van der Waals surface area contributed by atoms with Crippen molar-refractivity contribution in [2.24, 2.45) is 0 Å². The average Bonchev–Trinajstić information content (AvgIpc) is 0.811. The molecule has 0 saturated carbocycles.